The second kappa shape index (κ2) is 11.7. The van der Waals surface area contributed by atoms with Gasteiger partial charge >= 0.3 is 0 Å². The van der Waals surface area contributed by atoms with Crippen molar-refractivity contribution in [3.8, 4) is 16.5 Å². The third-order valence-electron chi connectivity index (χ3n) is 7.25. The molecule has 0 spiro atoms. The minimum atomic E-state index is -4.31. The van der Waals surface area contributed by atoms with Crippen molar-refractivity contribution in [2.45, 2.75) is 43.6 Å². The maximum Gasteiger partial charge on any atom is 0.251 e. The summed E-state index contributed by atoms with van der Waals surface area (Å²) in [6.07, 6.45) is 1.05. The Hall–Kier alpha value is -2.82. The number of fused-ring (bicyclic) bond motifs is 1. The van der Waals surface area contributed by atoms with Crippen LogP contribution in [-0.4, -0.2) is 74.4 Å². The summed E-state index contributed by atoms with van der Waals surface area (Å²) in [7, 11) is -4.31. The molecule has 2 aliphatic heterocycles. The number of anilines is 1. The van der Waals surface area contributed by atoms with Gasteiger partial charge < -0.3 is 25.0 Å². The van der Waals surface area contributed by atoms with Crippen LogP contribution < -0.4 is 9.62 Å². The van der Waals surface area contributed by atoms with Crippen LogP contribution in [0.2, 0.25) is 0 Å². The Balaban J connectivity index is 1.33. The second-order valence-corrected chi connectivity index (χ2v) is 12.7. The number of aliphatic hydroxyl groups is 3. The fourth-order valence-corrected chi connectivity index (χ4v) is 7.19. The first-order chi connectivity index (χ1) is 18.8. The highest BCUT2D eigenvalue weighted by molar-refractivity contribution is 7.93. The number of ether oxygens (including phenoxy) is 1. The Bertz CT molecular complexity index is 1510. The van der Waals surface area contributed by atoms with Crippen LogP contribution in [0.25, 0.3) is 27.3 Å². The Morgan fingerprint density at radius 1 is 1.08 bits per heavy atom. The van der Waals surface area contributed by atoms with Crippen LogP contribution in [0.5, 0.6) is 0 Å². The van der Waals surface area contributed by atoms with Gasteiger partial charge in [-0.3, -0.25) is 0 Å². The van der Waals surface area contributed by atoms with Crippen molar-refractivity contribution in [2.24, 2.45) is 0 Å². The molecule has 2 aliphatic rings. The van der Waals surface area contributed by atoms with Crippen molar-refractivity contribution in [2.75, 3.05) is 31.2 Å². The molecule has 11 heteroatoms. The first kappa shape index (κ1) is 27.7. The first-order valence-corrected chi connectivity index (χ1v) is 15.2. The van der Waals surface area contributed by atoms with E-state index >= 15 is 0 Å². The molecule has 0 bridgehead atoms. The van der Waals surface area contributed by atoms with Crippen molar-refractivity contribution in [1.82, 2.24) is 4.72 Å². The third kappa shape index (κ3) is 6.02. The number of allylic oxidation sites excluding steroid dienone is 1. The molecule has 0 amide bonds. The van der Waals surface area contributed by atoms with Gasteiger partial charge in [-0.25, -0.2) is 13.1 Å². The second-order valence-electron chi connectivity index (χ2n) is 9.88. The van der Waals surface area contributed by atoms with Gasteiger partial charge in [-0.1, -0.05) is 18.2 Å². The fraction of sp³-hybridized carbons (Fsp3) is 0.393. The van der Waals surface area contributed by atoms with Crippen LogP contribution >= 0.6 is 11.3 Å². The van der Waals surface area contributed by atoms with Crippen LogP contribution in [0.4, 0.5) is 5.69 Å². The predicted molar refractivity (Wildman–Crippen MR) is 152 cm³/mol. The van der Waals surface area contributed by atoms with Gasteiger partial charge in [0.05, 0.1) is 19.3 Å². The number of benzene rings is 2. The predicted octanol–water partition coefficient (Wildman–Crippen LogP) is 2.82. The van der Waals surface area contributed by atoms with E-state index in [4.69, 9.17) is 4.74 Å². The van der Waals surface area contributed by atoms with Gasteiger partial charge in [0.15, 0.2) is 4.91 Å². The fourth-order valence-electron chi connectivity index (χ4n) is 5.03. The summed E-state index contributed by atoms with van der Waals surface area (Å²) in [5.74, 6) is 0. The Morgan fingerprint density at radius 3 is 2.56 bits per heavy atom. The van der Waals surface area contributed by atoms with E-state index in [2.05, 4.69) is 40.0 Å². The number of aliphatic hydroxyl groups excluding tert-OH is 3. The summed E-state index contributed by atoms with van der Waals surface area (Å²) in [5.41, 5.74) is 2.24. The van der Waals surface area contributed by atoms with Crippen LogP contribution in [0.15, 0.2) is 53.4 Å². The SMILES string of the molecule is N#C/C(=C\c1ccc(-c2ccc3cc(N4CCCCC4)ccc3c2)s1)S(=O)(=O)N[C@H]1CO[C@H](CO)[C@@H](O)[C@@H]1O. The lowest BCUT2D eigenvalue weighted by atomic mass is 9.99. The molecule has 39 heavy (non-hydrogen) atoms. The maximum absolute atomic E-state index is 12.9. The molecule has 2 fully saturated rings. The molecule has 9 nitrogen and oxygen atoms in total. The minimum Gasteiger partial charge on any atom is -0.394 e. The van der Waals surface area contributed by atoms with Crippen LogP contribution in [0, 0.1) is 11.3 Å². The summed E-state index contributed by atoms with van der Waals surface area (Å²) in [4.78, 5) is 3.42. The van der Waals surface area contributed by atoms with Crippen LogP contribution in [0.3, 0.4) is 0 Å². The largest absolute Gasteiger partial charge is 0.394 e. The molecule has 0 saturated carbocycles. The van der Waals surface area contributed by atoms with E-state index in [1.54, 1.807) is 12.1 Å². The average Bonchev–Trinajstić information content (AvgIpc) is 3.43. The third-order valence-corrected chi connectivity index (χ3v) is 9.73. The van der Waals surface area contributed by atoms with Gasteiger partial charge in [0.25, 0.3) is 10.0 Å². The smallest absolute Gasteiger partial charge is 0.251 e. The maximum atomic E-state index is 12.9. The molecule has 2 saturated heterocycles. The van der Waals surface area contributed by atoms with E-state index in [-0.39, 0.29) is 6.61 Å². The summed E-state index contributed by atoms with van der Waals surface area (Å²) in [5, 5.41) is 41.4. The molecule has 4 N–H and O–H groups in total. The number of nitrogens with one attached hydrogen (secondary N) is 1. The van der Waals surface area contributed by atoms with Gasteiger partial charge in [-0.05, 0) is 72.0 Å². The molecule has 5 rings (SSSR count). The summed E-state index contributed by atoms with van der Waals surface area (Å²) in [6, 6.07) is 16.9. The normalized spacial score (nSPS) is 24.6. The first-order valence-electron chi connectivity index (χ1n) is 12.9. The monoisotopic (exact) mass is 569 g/mol. The van der Waals surface area contributed by atoms with Crippen molar-refractivity contribution in [3.05, 3.63) is 58.3 Å². The molecule has 0 radical (unpaired) electrons. The molecule has 1 aromatic heterocycles. The average molecular weight is 570 g/mol. The number of hydrogen-bond acceptors (Lipinski definition) is 9. The van der Waals surface area contributed by atoms with E-state index in [9.17, 15) is 29.0 Å². The summed E-state index contributed by atoms with van der Waals surface area (Å²) < 4.78 is 33.3. The molecule has 3 heterocycles. The minimum absolute atomic E-state index is 0.258. The zero-order chi connectivity index (χ0) is 27.6. The van der Waals surface area contributed by atoms with Gasteiger partial charge in [0, 0.05) is 28.5 Å². The van der Waals surface area contributed by atoms with E-state index < -0.39 is 45.9 Å². The quantitative estimate of drug-likeness (QED) is 0.318. The number of sulfonamides is 1. The molecule has 3 aromatic rings. The van der Waals surface area contributed by atoms with Gasteiger partial charge in [0.1, 0.15) is 24.4 Å². The molecular weight excluding hydrogens is 538 g/mol. The van der Waals surface area contributed by atoms with Crippen molar-refractivity contribution < 1.29 is 28.5 Å². The highest BCUT2D eigenvalue weighted by atomic mass is 32.2. The van der Waals surface area contributed by atoms with E-state index in [1.807, 2.05) is 12.1 Å². The summed E-state index contributed by atoms with van der Waals surface area (Å²) in [6.45, 7) is 1.41. The number of nitriles is 1. The van der Waals surface area contributed by atoms with Crippen molar-refractivity contribution in [1.29, 1.82) is 5.26 Å². The lowest BCUT2D eigenvalue weighted by Crippen LogP contribution is -2.59. The van der Waals surface area contributed by atoms with Crippen LogP contribution in [-0.2, 0) is 14.8 Å². The number of piperidine rings is 1. The van der Waals surface area contributed by atoms with Gasteiger partial charge in [-0.2, -0.15) is 5.26 Å². The van der Waals surface area contributed by atoms with Gasteiger partial charge in [-0.15, -0.1) is 11.3 Å². The topological polar surface area (TPSA) is 143 Å². The number of thiophene rings is 1. The highest BCUT2D eigenvalue weighted by Gasteiger charge is 2.40. The van der Waals surface area contributed by atoms with Crippen molar-refractivity contribution in [3.63, 3.8) is 0 Å². The Morgan fingerprint density at radius 2 is 1.82 bits per heavy atom. The highest BCUT2D eigenvalue weighted by Crippen LogP contribution is 2.33. The Kier molecular flexibility index (Phi) is 8.35. The van der Waals surface area contributed by atoms with Crippen molar-refractivity contribution >= 4 is 43.9 Å². The molecule has 2 aromatic carbocycles. The molecular formula is C28H31N3O6S2. The van der Waals surface area contributed by atoms with Gasteiger partial charge in [0.2, 0.25) is 0 Å². The lowest BCUT2D eigenvalue weighted by molar-refractivity contribution is -0.158. The van der Waals surface area contributed by atoms with E-state index in [0.717, 1.165) is 34.3 Å². The molecule has 0 unspecified atom stereocenters. The zero-order valence-electron chi connectivity index (χ0n) is 21.2. The number of nitrogens with zero attached hydrogens (tertiary/aromatic N) is 2. The summed E-state index contributed by atoms with van der Waals surface area (Å²) >= 11 is 1.36. The number of hydrogen-bond donors (Lipinski definition) is 4. The standard InChI is InChI=1S/C28H31N3O6S2/c29-15-23(39(35,36)30-24-17-37-25(16-32)28(34)27(24)33)14-22-8-9-26(38-22)20-5-4-19-13-21(7-6-18(19)12-20)31-10-2-1-3-11-31/h4-9,12-14,24-25,27-28,30,32-34H,1-3,10-11,16-17H2/b23-14+/t24-,25+,27+,28+/m0/s1. The lowest BCUT2D eigenvalue weighted by Gasteiger charge is -2.36. The van der Waals surface area contributed by atoms with E-state index in [1.165, 1.54) is 42.4 Å². The molecule has 4 atom stereocenters. The van der Waals surface area contributed by atoms with Crippen LogP contribution in [0.1, 0.15) is 24.1 Å². The molecule has 206 valence electrons. The van der Waals surface area contributed by atoms with E-state index in [0.29, 0.717) is 4.88 Å². The zero-order valence-corrected chi connectivity index (χ0v) is 22.9. The number of rotatable bonds is 7. The molecule has 0 aliphatic carbocycles. The Labute approximate surface area is 231 Å².